The smallest absolute Gasteiger partial charge is 0.0737 e. The van der Waals surface area contributed by atoms with E-state index in [1.165, 1.54) is 0 Å². The number of fused-ring (bicyclic) bond motifs is 8. The molecule has 2 aliphatic rings. The van der Waals surface area contributed by atoms with Gasteiger partial charge in [0.2, 0.25) is 0 Å². The van der Waals surface area contributed by atoms with Crippen molar-refractivity contribution in [1.29, 1.82) is 0 Å². The molecule has 0 atom stereocenters. The van der Waals surface area contributed by atoms with E-state index in [4.69, 9.17) is 9.97 Å². The van der Waals surface area contributed by atoms with Crippen molar-refractivity contribution in [3.63, 3.8) is 0 Å². The van der Waals surface area contributed by atoms with Gasteiger partial charge in [-0.3, -0.25) is 0 Å². The minimum Gasteiger partial charge on any atom is -0.354 e. The van der Waals surface area contributed by atoms with Gasteiger partial charge in [0.15, 0.2) is 0 Å². The highest BCUT2D eigenvalue weighted by molar-refractivity contribution is 5.99. The Morgan fingerprint density at radius 1 is 0.300 bits per heavy atom. The Morgan fingerprint density at radius 2 is 0.520 bits per heavy atom. The van der Waals surface area contributed by atoms with Gasteiger partial charge in [-0.15, -0.1) is 0 Å². The zero-order valence-electron chi connectivity index (χ0n) is 28.1. The fourth-order valence-corrected chi connectivity index (χ4v) is 6.84. The summed E-state index contributed by atoms with van der Waals surface area (Å²) < 4.78 is 0. The average Bonchev–Trinajstić information content (AvgIpc) is 4.02. The molecule has 7 aromatic rings. The largest absolute Gasteiger partial charge is 0.354 e. The summed E-state index contributed by atoms with van der Waals surface area (Å²) in [7, 11) is 0. The first-order valence-electron chi connectivity index (χ1n) is 17.2. The van der Waals surface area contributed by atoms with Gasteiger partial charge >= 0.3 is 0 Å². The standard InChI is InChI=1S/C44H30N4.C2H6/c1-5-13-29(14-6-1)41-33-21-23-35(45-33)42(30-15-7-2-8-16-30)37-25-27-39(47-37)44(32-19-11-4-12-20-32)40-28-26-38(48-40)43(31-17-9-3-10-18-31)36-24-22-34(41)46-36;1-2/h1-28,45,48H;1-2H3. The summed E-state index contributed by atoms with van der Waals surface area (Å²) in [6.07, 6.45) is 8.54. The lowest BCUT2D eigenvalue weighted by molar-refractivity contribution is 1.31. The number of aromatic nitrogens is 4. The molecular weight excluding hydrogens is 609 g/mol. The predicted molar refractivity (Wildman–Crippen MR) is 212 cm³/mol. The quantitative estimate of drug-likeness (QED) is 0.200. The number of benzene rings is 4. The number of nitrogens with zero attached hydrogens (tertiary/aromatic N) is 2. The maximum Gasteiger partial charge on any atom is 0.0737 e. The van der Waals surface area contributed by atoms with E-state index in [2.05, 4.69) is 156 Å². The zero-order chi connectivity index (χ0) is 33.9. The molecule has 3 aromatic heterocycles. The van der Waals surface area contributed by atoms with Crippen molar-refractivity contribution in [3.05, 3.63) is 168 Å². The molecule has 8 bridgehead atoms. The number of rotatable bonds is 4. The Morgan fingerprint density at radius 3 is 0.740 bits per heavy atom. The Labute approximate surface area is 292 Å². The van der Waals surface area contributed by atoms with Crippen LogP contribution in [0.3, 0.4) is 0 Å². The second kappa shape index (κ2) is 13.5. The van der Waals surface area contributed by atoms with Gasteiger partial charge in [0.1, 0.15) is 0 Å². The molecule has 2 aliphatic heterocycles. The van der Waals surface area contributed by atoms with Crippen LogP contribution in [0, 0.1) is 0 Å². The maximum atomic E-state index is 5.35. The molecule has 9 rings (SSSR count). The van der Waals surface area contributed by atoms with Gasteiger partial charge in [-0.1, -0.05) is 135 Å². The summed E-state index contributed by atoms with van der Waals surface area (Å²) in [6, 6.07) is 50.7. The third kappa shape index (κ3) is 5.67. The lowest BCUT2D eigenvalue weighted by Crippen LogP contribution is -1.89. The molecule has 4 aromatic carbocycles. The number of hydrogen-bond donors (Lipinski definition) is 2. The molecule has 2 N–H and O–H groups in total. The molecule has 0 saturated carbocycles. The van der Waals surface area contributed by atoms with Crippen LogP contribution in [0.5, 0.6) is 0 Å². The van der Waals surface area contributed by atoms with E-state index >= 15 is 0 Å². The molecule has 4 nitrogen and oxygen atoms in total. The maximum absolute atomic E-state index is 5.35. The van der Waals surface area contributed by atoms with Gasteiger partial charge in [-0.2, -0.15) is 0 Å². The summed E-state index contributed by atoms with van der Waals surface area (Å²) in [5.74, 6) is 0. The normalized spacial score (nSPS) is 11.6. The summed E-state index contributed by atoms with van der Waals surface area (Å²) >= 11 is 0. The Bertz CT molecular complexity index is 2170. The predicted octanol–water partition coefficient (Wildman–Crippen LogP) is 12.3. The summed E-state index contributed by atoms with van der Waals surface area (Å²) in [6.45, 7) is 4.00. The van der Waals surface area contributed by atoms with Crippen LogP contribution in [-0.2, 0) is 0 Å². The van der Waals surface area contributed by atoms with Crippen molar-refractivity contribution in [2.75, 3.05) is 0 Å². The van der Waals surface area contributed by atoms with Crippen molar-refractivity contribution in [2.24, 2.45) is 0 Å². The van der Waals surface area contributed by atoms with Crippen LogP contribution in [0.1, 0.15) is 36.6 Å². The molecule has 4 heteroatoms. The third-order valence-corrected chi connectivity index (χ3v) is 9.00. The molecule has 0 radical (unpaired) electrons. The number of hydrogen-bond acceptors (Lipinski definition) is 2. The third-order valence-electron chi connectivity index (χ3n) is 9.00. The van der Waals surface area contributed by atoms with E-state index in [1.807, 2.05) is 38.1 Å². The Hall–Kier alpha value is -6.52. The lowest BCUT2D eigenvalue weighted by Gasteiger charge is -2.07. The molecule has 5 heterocycles. The fourth-order valence-electron chi connectivity index (χ4n) is 6.84. The van der Waals surface area contributed by atoms with Crippen LogP contribution in [-0.4, -0.2) is 19.9 Å². The molecule has 50 heavy (non-hydrogen) atoms. The molecule has 0 saturated heterocycles. The summed E-state index contributed by atoms with van der Waals surface area (Å²) in [5, 5.41) is 0. The van der Waals surface area contributed by atoms with Crippen LogP contribution in [0.2, 0.25) is 0 Å². The van der Waals surface area contributed by atoms with Gasteiger partial charge < -0.3 is 9.97 Å². The lowest BCUT2D eigenvalue weighted by atomic mass is 10.0. The molecule has 0 spiro atoms. The topological polar surface area (TPSA) is 57.4 Å². The molecular formula is C46H36N4. The fraction of sp³-hybridized carbons (Fsp3) is 0.0435. The monoisotopic (exact) mass is 644 g/mol. The first-order chi connectivity index (χ1) is 24.8. The highest BCUT2D eigenvalue weighted by Gasteiger charge is 2.18. The van der Waals surface area contributed by atoms with Crippen LogP contribution >= 0.6 is 0 Å². The summed E-state index contributed by atoms with van der Waals surface area (Å²) in [5.41, 5.74) is 16.2. The van der Waals surface area contributed by atoms with E-state index in [0.717, 1.165) is 89.4 Å². The minimum absolute atomic E-state index is 0.906. The molecule has 0 aliphatic carbocycles. The second-order valence-electron chi connectivity index (χ2n) is 12.0. The second-order valence-corrected chi connectivity index (χ2v) is 12.0. The van der Waals surface area contributed by atoms with Crippen molar-refractivity contribution in [1.82, 2.24) is 19.9 Å². The number of H-pyrrole nitrogens is 2. The van der Waals surface area contributed by atoms with E-state index in [9.17, 15) is 0 Å². The van der Waals surface area contributed by atoms with E-state index in [-0.39, 0.29) is 0 Å². The Kier molecular flexibility index (Phi) is 8.34. The first kappa shape index (κ1) is 30.8. The number of nitrogens with one attached hydrogen (secondary N) is 2. The molecule has 0 unspecified atom stereocenters. The van der Waals surface area contributed by atoms with Crippen molar-refractivity contribution >= 4 is 46.4 Å². The van der Waals surface area contributed by atoms with Gasteiger partial charge in [0, 0.05) is 44.3 Å². The molecule has 240 valence electrons. The summed E-state index contributed by atoms with van der Waals surface area (Å²) in [4.78, 5) is 18.3. The number of aromatic amines is 2. The minimum atomic E-state index is 0.906. The SMILES string of the molecule is C1=Cc2nc1c(-c1ccccc1)c1ccc([nH]1)c(-c1ccccc1)c1nc(c(-c3ccccc3)c3ccc([nH]3)c2-c2ccccc2)C=C1.CC. The first-order valence-corrected chi connectivity index (χ1v) is 17.2. The van der Waals surface area contributed by atoms with Crippen molar-refractivity contribution in [3.8, 4) is 44.5 Å². The zero-order valence-corrected chi connectivity index (χ0v) is 28.1. The van der Waals surface area contributed by atoms with Crippen LogP contribution < -0.4 is 0 Å². The van der Waals surface area contributed by atoms with Gasteiger partial charge in [-0.05, 0) is 70.8 Å². The van der Waals surface area contributed by atoms with E-state index in [1.54, 1.807) is 0 Å². The van der Waals surface area contributed by atoms with Gasteiger partial charge in [0.25, 0.3) is 0 Å². The van der Waals surface area contributed by atoms with Gasteiger partial charge in [0.05, 0.1) is 22.8 Å². The van der Waals surface area contributed by atoms with E-state index < -0.39 is 0 Å². The van der Waals surface area contributed by atoms with E-state index in [0.29, 0.717) is 0 Å². The molecule has 0 amide bonds. The molecule has 0 fully saturated rings. The highest BCUT2D eigenvalue weighted by Crippen LogP contribution is 2.38. The highest BCUT2D eigenvalue weighted by atomic mass is 14.8. The average molecular weight is 645 g/mol. The van der Waals surface area contributed by atoms with Crippen molar-refractivity contribution in [2.45, 2.75) is 13.8 Å². The Balaban J connectivity index is 0.00000177. The van der Waals surface area contributed by atoms with Crippen LogP contribution in [0.4, 0.5) is 0 Å². The van der Waals surface area contributed by atoms with Crippen LogP contribution in [0.25, 0.3) is 90.9 Å². The van der Waals surface area contributed by atoms with Crippen LogP contribution in [0.15, 0.2) is 146 Å². The van der Waals surface area contributed by atoms with Gasteiger partial charge in [-0.25, -0.2) is 9.97 Å². The van der Waals surface area contributed by atoms with Crippen molar-refractivity contribution < 1.29 is 0 Å².